The average molecular weight is 278 g/mol. The lowest BCUT2D eigenvalue weighted by Gasteiger charge is -2.32. The number of para-hydroxylation sites is 1. The van der Waals surface area contributed by atoms with Crippen molar-refractivity contribution in [3.63, 3.8) is 0 Å². The van der Waals surface area contributed by atoms with E-state index < -0.39 is 6.10 Å². The molecule has 2 unspecified atom stereocenters. The highest BCUT2D eigenvalue weighted by Crippen LogP contribution is 2.14. The molecule has 0 radical (unpaired) electrons. The minimum Gasteiger partial charge on any atom is -0.491 e. The Bertz CT molecular complexity index is 372. The van der Waals surface area contributed by atoms with Crippen LogP contribution in [-0.4, -0.2) is 55.4 Å². The number of nitrogens with one attached hydrogen (secondary N) is 1. The van der Waals surface area contributed by atoms with Gasteiger partial charge in [0.25, 0.3) is 0 Å². The van der Waals surface area contributed by atoms with Gasteiger partial charge in [-0.1, -0.05) is 24.6 Å². The number of likely N-dealkylation sites (tertiary alicyclic amines) is 1. The first kappa shape index (κ1) is 15.3. The first-order valence-corrected chi connectivity index (χ1v) is 7.52. The zero-order valence-corrected chi connectivity index (χ0v) is 12.3. The summed E-state index contributed by atoms with van der Waals surface area (Å²) in [7, 11) is 2.18. The lowest BCUT2D eigenvalue weighted by molar-refractivity contribution is 0.102. The van der Waals surface area contributed by atoms with Crippen LogP contribution in [0.5, 0.6) is 5.75 Å². The van der Waals surface area contributed by atoms with Crippen LogP contribution in [0.2, 0.25) is 0 Å². The first-order chi connectivity index (χ1) is 9.75. The number of hydrogen-bond acceptors (Lipinski definition) is 4. The lowest BCUT2D eigenvalue weighted by atomic mass is 10.0. The molecule has 2 atom stereocenters. The maximum atomic E-state index is 9.90. The molecule has 0 amide bonds. The molecular weight excluding hydrogens is 252 g/mol. The van der Waals surface area contributed by atoms with Gasteiger partial charge >= 0.3 is 0 Å². The molecule has 1 aliphatic rings. The number of nitrogens with zero attached hydrogens (tertiary/aromatic N) is 1. The molecule has 4 heteroatoms. The smallest absolute Gasteiger partial charge is 0.119 e. The van der Waals surface area contributed by atoms with Crippen LogP contribution in [0.25, 0.3) is 0 Å². The molecule has 0 spiro atoms. The summed E-state index contributed by atoms with van der Waals surface area (Å²) in [4.78, 5) is 2.41. The van der Waals surface area contributed by atoms with Crippen molar-refractivity contribution < 1.29 is 9.84 Å². The van der Waals surface area contributed by atoms with Crippen molar-refractivity contribution in [2.24, 2.45) is 0 Å². The van der Waals surface area contributed by atoms with Crippen molar-refractivity contribution >= 4 is 0 Å². The molecule has 2 N–H and O–H groups in total. The van der Waals surface area contributed by atoms with Crippen molar-refractivity contribution in [1.29, 1.82) is 0 Å². The maximum Gasteiger partial charge on any atom is 0.119 e. The van der Waals surface area contributed by atoms with Gasteiger partial charge in [-0.3, -0.25) is 0 Å². The van der Waals surface area contributed by atoms with E-state index in [1.807, 2.05) is 30.3 Å². The van der Waals surface area contributed by atoms with Crippen LogP contribution in [-0.2, 0) is 0 Å². The van der Waals surface area contributed by atoms with E-state index in [0.717, 1.165) is 12.3 Å². The van der Waals surface area contributed by atoms with E-state index >= 15 is 0 Å². The molecule has 1 fully saturated rings. The van der Waals surface area contributed by atoms with Gasteiger partial charge in [-0.05, 0) is 38.6 Å². The van der Waals surface area contributed by atoms with E-state index in [9.17, 15) is 5.11 Å². The van der Waals surface area contributed by atoms with Gasteiger partial charge in [-0.25, -0.2) is 0 Å². The monoisotopic (exact) mass is 278 g/mol. The topological polar surface area (TPSA) is 44.7 Å². The molecule has 0 aromatic heterocycles. The zero-order valence-electron chi connectivity index (χ0n) is 12.3. The summed E-state index contributed by atoms with van der Waals surface area (Å²) >= 11 is 0. The van der Waals surface area contributed by atoms with E-state index in [1.54, 1.807) is 0 Å². The predicted octanol–water partition coefficient (Wildman–Crippen LogP) is 1.50. The highest BCUT2D eigenvalue weighted by molar-refractivity contribution is 5.20. The van der Waals surface area contributed by atoms with Gasteiger partial charge in [0.1, 0.15) is 18.5 Å². The Balaban J connectivity index is 1.59. The molecule has 2 rings (SSSR count). The van der Waals surface area contributed by atoms with Gasteiger partial charge in [0.15, 0.2) is 0 Å². The molecule has 0 aliphatic carbocycles. The summed E-state index contributed by atoms with van der Waals surface area (Å²) in [6.07, 6.45) is 3.40. The van der Waals surface area contributed by atoms with E-state index in [2.05, 4.69) is 17.3 Å². The van der Waals surface area contributed by atoms with Crippen LogP contribution in [0, 0.1) is 0 Å². The largest absolute Gasteiger partial charge is 0.491 e. The number of likely N-dealkylation sites (N-methyl/N-ethyl adjacent to an activating group) is 1. The van der Waals surface area contributed by atoms with Gasteiger partial charge < -0.3 is 20.1 Å². The van der Waals surface area contributed by atoms with Crippen LogP contribution in [0.3, 0.4) is 0 Å². The van der Waals surface area contributed by atoms with Crippen LogP contribution in [0.1, 0.15) is 19.3 Å². The normalized spacial score (nSPS) is 21.6. The van der Waals surface area contributed by atoms with Gasteiger partial charge in [-0.15, -0.1) is 0 Å². The van der Waals surface area contributed by atoms with Crippen molar-refractivity contribution in [1.82, 2.24) is 10.2 Å². The van der Waals surface area contributed by atoms with Crippen molar-refractivity contribution in [2.75, 3.05) is 33.3 Å². The number of aliphatic hydroxyl groups is 1. The third-order valence-electron chi connectivity index (χ3n) is 3.87. The van der Waals surface area contributed by atoms with E-state index in [-0.39, 0.29) is 0 Å². The van der Waals surface area contributed by atoms with Crippen LogP contribution in [0.4, 0.5) is 0 Å². The highest BCUT2D eigenvalue weighted by Gasteiger charge is 2.18. The van der Waals surface area contributed by atoms with Gasteiger partial charge in [0, 0.05) is 19.1 Å². The summed E-state index contributed by atoms with van der Waals surface area (Å²) in [5, 5.41) is 13.3. The molecule has 1 aromatic carbocycles. The number of hydrogen-bond donors (Lipinski definition) is 2. The lowest BCUT2D eigenvalue weighted by Crippen LogP contribution is -2.45. The molecule has 20 heavy (non-hydrogen) atoms. The quantitative estimate of drug-likeness (QED) is 0.793. The minimum absolute atomic E-state index is 0.331. The molecule has 1 heterocycles. The number of benzene rings is 1. The third-order valence-corrected chi connectivity index (χ3v) is 3.87. The standard InChI is InChI=1S/C16H26N2O2/c1-18-10-6-5-7-14(18)11-17-12-15(19)13-20-16-8-3-2-4-9-16/h2-4,8-9,14-15,17,19H,5-7,10-13H2,1H3. The van der Waals surface area contributed by atoms with Crippen LogP contribution in [0.15, 0.2) is 30.3 Å². The molecule has 4 nitrogen and oxygen atoms in total. The fraction of sp³-hybridized carbons (Fsp3) is 0.625. The molecule has 1 saturated heterocycles. The number of ether oxygens (including phenoxy) is 1. The van der Waals surface area contributed by atoms with Crippen LogP contribution < -0.4 is 10.1 Å². The maximum absolute atomic E-state index is 9.90. The number of piperidine rings is 1. The Kier molecular flexibility index (Phi) is 6.30. The average Bonchev–Trinajstić information content (AvgIpc) is 2.48. The minimum atomic E-state index is -0.468. The molecule has 112 valence electrons. The fourth-order valence-electron chi connectivity index (χ4n) is 2.59. The summed E-state index contributed by atoms with van der Waals surface area (Å²) in [5.74, 6) is 0.804. The van der Waals surface area contributed by atoms with E-state index in [0.29, 0.717) is 19.2 Å². The molecule has 0 bridgehead atoms. The number of aliphatic hydroxyl groups excluding tert-OH is 1. The van der Waals surface area contributed by atoms with E-state index in [4.69, 9.17) is 4.74 Å². The Labute approximate surface area is 121 Å². The second kappa shape index (κ2) is 8.25. The summed E-state index contributed by atoms with van der Waals surface area (Å²) in [6, 6.07) is 10.2. The summed E-state index contributed by atoms with van der Waals surface area (Å²) in [6.45, 7) is 3.04. The zero-order chi connectivity index (χ0) is 14.2. The molecular formula is C16H26N2O2. The Morgan fingerprint density at radius 1 is 1.35 bits per heavy atom. The summed E-state index contributed by atoms with van der Waals surface area (Å²) < 4.78 is 5.53. The second-order valence-corrected chi connectivity index (χ2v) is 5.57. The van der Waals surface area contributed by atoms with Gasteiger partial charge in [0.2, 0.25) is 0 Å². The molecule has 1 aromatic rings. The Morgan fingerprint density at radius 3 is 2.90 bits per heavy atom. The summed E-state index contributed by atoms with van der Waals surface area (Å²) in [5.41, 5.74) is 0. The predicted molar refractivity (Wildman–Crippen MR) is 81.1 cm³/mol. The fourth-order valence-corrected chi connectivity index (χ4v) is 2.59. The number of rotatable bonds is 7. The van der Waals surface area contributed by atoms with Crippen LogP contribution >= 0.6 is 0 Å². The van der Waals surface area contributed by atoms with Crippen molar-refractivity contribution in [2.45, 2.75) is 31.4 Å². The van der Waals surface area contributed by atoms with E-state index in [1.165, 1.54) is 25.8 Å². The second-order valence-electron chi connectivity index (χ2n) is 5.57. The SMILES string of the molecule is CN1CCCCC1CNCC(O)COc1ccccc1. The molecule has 0 saturated carbocycles. The van der Waals surface area contributed by atoms with Gasteiger partial charge in [0.05, 0.1) is 0 Å². The van der Waals surface area contributed by atoms with Gasteiger partial charge in [-0.2, -0.15) is 0 Å². The first-order valence-electron chi connectivity index (χ1n) is 7.52. The van der Waals surface area contributed by atoms with Crippen molar-refractivity contribution in [3.8, 4) is 5.75 Å². The highest BCUT2D eigenvalue weighted by atomic mass is 16.5. The third kappa shape index (κ3) is 5.12. The Morgan fingerprint density at radius 2 is 2.15 bits per heavy atom. The van der Waals surface area contributed by atoms with Crippen molar-refractivity contribution in [3.05, 3.63) is 30.3 Å². The molecule has 1 aliphatic heterocycles. The Hall–Kier alpha value is -1.10.